The summed E-state index contributed by atoms with van der Waals surface area (Å²) in [5, 5.41) is 20.4. The van der Waals surface area contributed by atoms with Crippen LogP contribution < -0.4 is 5.73 Å². The lowest BCUT2D eigenvalue weighted by Gasteiger charge is -2.19. The van der Waals surface area contributed by atoms with Gasteiger partial charge in [0.05, 0.1) is 6.54 Å². The number of aromatic hydroxyl groups is 1. The monoisotopic (exact) mass is 237 g/mol. The molecule has 0 aliphatic heterocycles. The summed E-state index contributed by atoms with van der Waals surface area (Å²) in [5.74, 6) is -0.167. The number of rotatable bonds is 4. The van der Waals surface area contributed by atoms with Gasteiger partial charge in [0.1, 0.15) is 5.75 Å². The van der Waals surface area contributed by atoms with Gasteiger partial charge in [-0.2, -0.15) is 0 Å². The van der Waals surface area contributed by atoms with Crippen LogP contribution in [0.1, 0.15) is 17.3 Å². The van der Waals surface area contributed by atoms with Gasteiger partial charge in [0.25, 0.3) is 5.91 Å². The molecule has 0 unspecified atom stereocenters. The lowest BCUT2D eigenvalue weighted by Crippen LogP contribution is -2.38. The van der Waals surface area contributed by atoms with Gasteiger partial charge in [-0.15, -0.1) is 0 Å². The smallest absolute Gasteiger partial charge is 0.254 e. The predicted molar refractivity (Wildman–Crippen MR) is 63.1 cm³/mol. The zero-order chi connectivity index (χ0) is 12.8. The summed E-state index contributed by atoms with van der Waals surface area (Å²) in [6.07, 6.45) is 0. The van der Waals surface area contributed by atoms with E-state index in [1.54, 1.807) is 6.92 Å². The van der Waals surface area contributed by atoms with Crippen molar-refractivity contribution in [1.82, 2.24) is 4.90 Å². The van der Waals surface area contributed by atoms with Crippen LogP contribution in [0.2, 0.25) is 0 Å². The van der Waals surface area contributed by atoms with Gasteiger partial charge in [-0.05, 0) is 31.2 Å². The Morgan fingerprint density at radius 3 is 2.47 bits per heavy atom. The van der Waals surface area contributed by atoms with Gasteiger partial charge in [0, 0.05) is 12.1 Å². The second-order valence-corrected chi connectivity index (χ2v) is 3.46. The zero-order valence-corrected chi connectivity index (χ0v) is 9.50. The average molecular weight is 237 g/mol. The Bertz CT molecular complexity index is 414. The number of hydrogen-bond acceptors (Lipinski definition) is 4. The summed E-state index contributed by atoms with van der Waals surface area (Å²) in [7, 11) is 0. The van der Waals surface area contributed by atoms with Crippen molar-refractivity contribution in [2.75, 3.05) is 13.1 Å². The number of amides is 1. The molecule has 0 aromatic heterocycles. The molecule has 1 aromatic rings. The van der Waals surface area contributed by atoms with Crippen LogP contribution in [0.25, 0.3) is 0 Å². The van der Waals surface area contributed by atoms with E-state index in [0.29, 0.717) is 12.1 Å². The fourth-order valence-corrected chi connectivity index (χ4v) is 1.34. The Kier molecular flexibility index (Phi) is 4.33. The third-order valence-electron chi connectivity index (χ3n) is 2.26. The maximum Gasteiger partial charge on any atom is 0.254 e. The van der Waals surface area contributed by atoms with Gasteiger partial charge >= 0.3 is 0 Å². The first-order chi connectivity index (χ1) is 8.08. The minimum absolute atomic E-state index is 0.0287. The van der Waals surface area contributed by atoms with E-state index < -0.39 is 0 Å². The second kappa shape index (κ2) is 5.74. The molecule has 0 aliphatic rings. The first kappa shape index (κ1) is 12.8. The van der Waals surface area contributed by atoms with E-state index in [1.165, 1.54) is 29.2 Å². The lowest BCUT2D eigenvalue weighted by molar-refractivity contribution is 0.0786. The van der Waals surface area contributed by atoms with Gasteiger partial charge in [-0.25, -0.2) is 0 Å². The molecule has 6 nitrogen and oxygen atoms in total. The van der Waals surface area contributed by atoms with Gasteiger partial charge in [0.2, 0.25) is 0 Å². The van der Waals surface area contributed by atoms with Gasteiger partial charge < -0.3 is 20.9 Å². The Morgan fingerprint density at radius 1 is 1.41 bits per heavy atom. The van der Waals surface area contributed by atoms with Gasteiger partial charge in [-0.1, -0.05) is 5.16 Å². The Balaban J connectivity index is 2.82. The molecule has 0 heterocycles. The quantitative estimate of drug-likeness (QED) is 0.309. The molecule has 6 heteroatoms. The lowest BCUT2D eigenvalue weighted by atomic mass is 10.2. The van der Waals surface area contributed by atoms with Crippen molar-refractivity contribution in [3.8, 4) is 5.75 Å². The molecule has 4 N–H and O–H groups in total. The maximum absolute atomic E-state index is 12.0. The fourth-order valence-electron chi connectivity index (χ4n) is 1.34. The van der Waals surface area contributed by atoms with Crippen molar-refractivity contribution in [2.24, 2.45) is 10.9 Å². The van der Waals surface area contributed by atoms with Crippen molar-refractivity contribution in [1.29, 1.82) is 0 Å². The molecule has 17 heavy (non-hydrogen) atoms. The Morgan fingerprint density at radius 2 is 2.00 bits per heavy atom. The van der Waals surface area contributed by atoms with Crippen LogP contribution in [0, 0.1) is 0 Å². The number of oxime groups is 1. The van der Waals surface area contributed by atoms with Crippen LogP contribution in [-0.4, -0.2) is 40.0 Å². The molecule has 92 valence electrons. The second-order valence-electron chi connectivity index (χ2n) is 3.46. The van der Waals surface area contributed by atoms with E-state index in [2.05, 4.69) is 5.16 Å². The number of phenols is 1. The van der Waals surface area contributed by atoms with Crippen LogP contribution in [0.4, 0.5) is 0 Å². The maximum atomic E-state index is 12.0. The number of phenolic OH excluding ortho intramolecular Hbond substituents is 1. The zero-order valence-electron chi connectivity index (χ0n) is 9.50. The highest BCUT2D eigenvalue weighted by Crippen LogP contribution is 2.11. The first-order valence-electron chi connectivity index (χ1n) is 5.13. The molecule has 0 saturated carbocycles. The van der Waals surface area contributed by atoms with E-state index in [-0.39, 0.29) is 24.0 Å². The SMILES string of the molecule is CCN(CC(N)=NO)C(=O)c1ccc(O)cc1. The predicted octanol–water partition coefficient (Wildman–Crippen LogP) is 0.601. The number of nitrogens with two attached hydrogens (primary N) is 1. The molecule has 0 atom stereocenters. The highest BCUT2D eigenvalue weighted by atomic mass is 16.4. The molecule has 1 amide bonds. The van der Waals surface area contributed by atoms with E-state index in [9.17, 15) is 4.79 Å². The summed E-state index contributed by atoms with van der Waals surface area (Å²) in [6.45, 7) is 2.30. The molecular weight excluding hydrogens is 222 g/mol. The molecule has 0 radical (unpaired) electrons. The highest BCUT2D eigenvalue weighted by molar-refractivity contribution is 5.97. The summed E-state index contributed by atoms with van der Waals surface area (Å²) in [5.41, 5.74) is 5.80. The third kappa shape index (κ3) is 3.37. The Labute approximate surface area is 99.0 Å². The summed E-state index contributed by atoms with van der Waals surface area (Å²) >= 11 is 0. The number of carbonyl (C=O) groups excluding carboxylic acids is 1. The van der Waals surface area contributed by atoms with E-state index in [1.807, 2.05) is 0 Å². The van der Waals surface area contributed by atoms with Gasteiger partial charge in [-0.3, -0.25) is 4.79 Å². The summed E-state index contributed by atoms with van der Waals surface area (Å²) < 4.78 is 0. The number of hydrogen-bond donors (Lipinski definition) is 3. The van der Waals surface area contributed by atoms with Crippen LogP contribution in [0.5, 0.6) is 5.75 Å². The van der Waals surface area contributed by atoms with Gasteiger partial charge in [0.15, 0.2) is 5.84 Å². The molecule has 0 aliphatic carbocycles. The number of amidine groups is 1. The van der Waals surface area contributed by atoms with Crippen molar-refractivity contribution < 1.29 is 15.1 Å². The minimum atomic E-state index is -0.237. The minimum Gasteiger partial charge on any atom is -0.508 e. The summed E-state index contributed by atoms with van der Waals surface area (Å²) in [6, 6.07) is 5.91. The topological polar surface area (TPSA) is 99.1 Å². The van der Waals surface area contributed by atoms with Crippen molar-refractivity contribution in [3.63, 3.8) is 0 Å². The molecule has 1 rings (SSSR count). The van der Waals surface area contributed by atoms with E-state index in [4.69, 9.17) is 16.0 Å². The van der Waals surface area contributed by atoms with Crippen LogP contribution in [0.15, 0.2) is 29.4 Å². The van der Waals surface area contributed by atoms with Crippen molar-refractivity contribution in [2.45, 2.75) is 6.92 Å². The molecule has 0 bridgehead atoms. The highest BCUT2D eigenvalue weighted by Gasteiger charge is 2.15. The molecule has 1 aromatic carbocycles. The number of benzene rings is 1. The fraction of sp³-hybridized carbons (Fsp3) is 0.273. The third-order valence-corrected chi connectivity index (χ3v) is 2.26. The standard InChI is InChI=1S/C11H15N3O3/c1-2-14(7-10(12)13-17)11(16)8-3-5-9(15)6-4-8/h3-6,15,17H,2,7H2,1H3,(H2,12,13). The first-order valence-corrected chi connectivity index (χ1v) is 5.13. The molecule has 0 fully saturated rings. The van der Waals surface area contributed by atoms with Crippen molar-refractivity contribution >= 4 is 11.7 Å². The van der Waals surface area contributed by atoms with Crippen LogP contribution in [0.3, 0.4) is 0 Å². The number of carbonyl (C=O) groups is 1. The van der Waals surface area contributed by atoms with Crippen LogP contribution in [-0.2, 0) is 0 Å². The molecular formula is C11H15N3O3. The average Bonchev–Trinajstić information content (AvgIpc) is 2.35. The van der Waals surface area contributed by atoms with Crippen LogP contribution >= 0.6 is 0 Å². The normalized spacial score (nSPS) is 11.2. The van der Waals surface area contributed by atoms with E-state index >= 15 is 0 Å². The largest absolute Gasteiger partial charge is 0.508 e. The summed E-state index contributed by atoms with van der Waals surface area (Å²) in [4.78, 5) is 13.4. The number of likely N-dealkylation sites (N-methyl/N-ethyl adjacent to an activating group) is 1. The van der Waals surface area contributed by atoms with E-state index in [0.717, 1.165) is 0 Å². The number of nitrogens with zero attached hydrogens (tertiary/aromatic N) is 2. The Hall–Kier alpha value is -2.24. The molecule has 0 spiro atoms. The molecule has 0 saturated heterocycles. The van der Waals surface area contributed by atoms with Crippen molar-refractivity contribution in [3.05, 3.63) is 29.8 Å².